The molecule has 1 heterocycles. The zero-order chi connectivity index (χ0) is 26.5. The SMILES string of the molecule is CCCCCCOc1ccccc1CN(C(=O)c1ccc(-c2cn[nH]c2)cc1)C1(O)CCCC1.O=CO. The number of rotatable bonds is 11. The van der Waals surface area contributed by atoms with Gasteiger partial charge in [0.25, 0.3) is 12.4 Å². The normalized spacial score (nSPS) is 13.9. The number of aromatic amines is 1. The molecule has 0 radical (unpaired) electrons. The summed E-state index contributed by atoms with van der Waals surface area (Å²) in [6, 6.07) is 15.3. The number of unbranched alkanes of at least 4 members (excludes halogenated alkanes) is 3. The molecule has 0 aliphatic heterocycles. The third-order valence-electron chi connectivity index (χ3n) is 6.67. The molecule has 4 rings (SSSR count). The molecule has 37 heavy (non-hydrogen) atoms. The maximum atomic E-state index is 13.7. The van der Waals surface area contributed by atoms with E-state index in [2.05, 4.69) is 17.1 Å². The molecule has 1 aliphatic rings. The Balaban J connectivity index is 0.00000121. The van der Waals surface area contributed by atoms with Crippen molar-refractivity contribution in [3.63, 3.8) is 0 Å². The fourth-order valence-electron chi connectivity index (χ4n) is 4.65. The molecule has 3 aromatic rings. The Bertz CT molecular complexity index is 1090. The van der Waals surface area contributed by atoms with Gasteiger partial charge in [-0.3, -0.25) is 14.7 Å². The highest BCUT2D eigenvalue weighted by Gasteiger charge is 2.41. The van der Waals surface area contributed by atoms with Gasteiger partial charge in [-0.2, -0.15) is 5.10 Å². The van der Waals surface area contributed by atoms with Gasteiger partial charge in [-0.15, -0.1) is 0 Å². The standard InChI is InChI=1S/C28H35N3O3.CH2O2/c1-2-3-4-9-18-34-26-11-6-5-10-24(26)21-31(28(33)16-7-8-17-28)27(32)23-14-12-22(13-15-23)25-19-29-30-20-25;2-1-3/h5-6,10-15,19-20,33H,2-4,7-9,16-18,21H2,1H3,(H,29,30);1H,(H,2,3). The number of hydrogen-bond acceptors (Lipinski definition) is 5. The predicted molar refractivity (Wildman–Crippen MR) is 142 cm³/mol. The Morgan fingerprint density at radius 2 is 1.78 bits per heavy atom. The summed E-state index contributed by atoms with van der Waals surface area (Å²) in [5, 5.41) is 25.2. The van der Waals surface area contributed by atoms with Gasteiger partial charge in [0.05, 0.1) is 19.3 Å². The van der Waals surface area contributed by atoms with Crippen LogP contribution >= 0.6 is 0 Å². The first-order valence-electron chi connectivity index (χ1n) is 12.9. The van der Waals surface area contributed by atoms with Crippen LogP contribution in [0.25, 0.3) is 11.1 Å². The van der Waals surface area contributed by atoms with Crippen LogP contribution in [0, 0.1) is 0 Å². The number of aromatic nitrogens is 2. The van der Waals surface area contributed by atoms with Crippen molar-refractivity contribution >= 4 is 12.4 Å². The van der Waals surface area contributed by atoms with Crippen molar-refractivity contribution in [1.82, 2.24) is 15.1 Å². The van der Waals surface area contributed by atoms with Gasteiger partial charge in [0.1, 0.15) is 11.5 Å². The monoisotopic (exact) mass is 507 g/mol. The molecule has 1 fully saturated rings. The van der Waals surface area contributed by atoms with Crippen LogP contribution in [-0.4, -0.2) is 50.0 Å². The van der Waals surface area contributed by atoms with Crippen LogP contribution in [-0.2, 0) is 11.3 Å². The number of nitrogens with zero attached hydrogens (tertiary/aromatic N) is 2. The van der Waals surface area contributed by atoms with Crippen molar-refractivity contribution in [3.05, 3.63) is 72.1 Å². The van der Waals surface area contributed by atoms with Gasteiger partial charge < -0.3 is 19.8 Å². The molecule has 2 aromatic carbocycles. The molecule has 8 heteroatoms. The smallest absolute Gasteiger partial charge is 0.290 e. The van der Waals surface area contributed by atoms with E-state index in [9.17, 15) is 9.90 Å². The van der Waals surface area contributed by atoms with Crippen LogP contribution < -0.4 is 4.74 Å². The first-order valence-corrected chi connectivity index (χ1v) is 12.9. The van der Waals surface area contributed by atoms with Crippen LogP contribution in [0.15, 0.2) is 60.9 Å². The molecular formula is C29H37N3O5. The summed E-state index contributed by atoms with van der Waals surface area (Å²) in [6.07, 6.45) is 11.1. The molecule has 0 atom stereocenters. The summed E-state index contributed by atoms with van der Waals surface area (Å²) in [5.74, 6) is 0.620. The maximum absolute atomic E-state index is 13.7. The molecule has 0 spiro atoms. The summed E-state index contributed by atoms with van der Waals surface area (Å²) in [7, 11) is 0. The molecule has 198 valence electrons. The molecule has 1 aromatic heterocycles. The van der Waals surface area contributed by atoms with E-state index < -0.39 is 5.72 Å². The largest absolute Gasteiger partial charge is 0.493 e. The molecule has 0 unspecified atom stereocenters. The number of amides is 1. The summed E-state index contributed by atoms with van der Waals surface area (Å²) in [6.45, 7) is 2.91. The predicted octanol–water partition coefficient (Wildman–Crippen LogP) is 5.64. The lowest BCUT2D eigenvalue weighted by atomic mass is 10.0. The van der Waals surface area contributed by atoms with Crippen LogP contribution in [0.3, 0.4) is 0 Å². The van der Waals surface area contributed by atoms with Crippen molar-refractivity contribution in [3.8, 4) is 16.9 Å². The van der Waals surface area contributed by atoms with Gasteiger partial charge in [0.15, 0.2) is 0 Å². The van der Waals surface area contributed by atoms with Gasteiger partial charge >= 0.3 is 0 Å². The molecule has 1 amide bonds. The zero-order valence-electron chi connectivity index (χ0n) is 21.4. The average molecular weight is 508 g/mol. The lowest BCUT2D eigenvalue weighted by molar-refractivity contribution is -0.122. The molecule has 8 nitrogen and oxygen atoms in total. The van der Waals surface area contributed by atoms with E-state index in [-0.39, 0.29) is 12.4 Å². The maximum Gasteiger partial charge on any atom is 0.290 e. The number of aliphatic hydroxyl groups is 1. The van der Waals surface area contributed by atoms with Gasteiger partial charge in [0, 0.05) is 22.9 Å². The summed E-state index contributed by atoms with van der Waals surface area (Å²) < 4.78 is 6.09. The Morgan fingerprint density at radius 3 is 2.43 bits per heavy atom. The van der Waals surface area contributed by atoms with Crippen molar-refractivity contribution in [2.24, 2.45) is 0 Å². The minimum absolute atomic E-state index is 0.166. The van der Waals surface area contributed by atoms with E-state index in [1.165, 1.54) is 12.8 Å². The highest BCUT2D eigenvalue weighted by atomic mass is 16.5. The Hall–Kier alpha value is -3.65. The molecule has 3 N–H and O–H groups in total. The molecular weight excluding hydrogens is 470 g/mol. The van der Waals surface area contributed by atoms with Crippen molar-refractivity contribution in [2.75, 3.05) is 6.61 Å². The van der Waals surface area contributed by atoms with Crippen molar-refractivity contribution in [1.29, 1.82) is 0 Å². The van der Waals surface area contributed by atoms with E-state index in [0.29, 0.717) is 31.6 Å². The first-order chi connectivity index (χ1) is 18.0. The number of carbonyl (C=O) groups excluding carboxylic acids is 1. The van der Waals surface area contributed by atoms with Crippen molar-refractivity contribution < 1.29 is 24.5 Å². The number of ether oxygens (including phenoxy) is 1. The fourth-order valence-corrected chi connectivity index (χ4v) is 4.65. The number of carbonyl (C=O) groups is 2. The third-order valence-corrected chi connectivity index (χ3v) is 6.67. The molecule has 1 saturated carbocycles. The lowest BCUT2D eigenvalue weighted by Crippen LogP contribution is -2.49. The molecule has 0 saturated heterocycles. The Morgan fingerprint density at radius 1 is 1.08 bits per heavy atom. The highest BCUT2D eigenvalue weighted by molar-refractivity contribution is 5.95. The minimum Gasteiger partial charge on any atom is -0.493 e. The van der Waals surface area contributed by atoms with Gasteiger partial charge in [-0.1, -0.05) is 56.5 Å². The van der Waals surface area contributed by atoms with E-state index >= 15 is 0 Å². The van der Waals surface area contributed by atoms with Gasteiger partial charge in [0.2, 0.25) is 0 Å². The second-order valence-electron chi connectivity index (χ2n) is 9.27. The summed E-state index contributed by atoms with van der Waals surface area (Å²) >= 11 is 0. The number of nitrogens with one attached hydrogen (secondary N) is 1. The number of carboxylic acid groups (broad SMARTS) is 1. The lowest BCUT2D eigenvalue weighted by Gasteiger charge is -2.37. The number of benzene rings is 2. The van der Waals surface area contributed by atoms with Crippen LogP contribution in [0.2, 0.25) is 0 Å². The fraction of sp³-hybridized carbons (Fsp3) is 0.414. The average Bonchev–Trinajstić information content (AvgIpc) is 3.61. The van der Waals surface area contributed by atoms with Gasteiger partial charge in [-0.25, -0.2) is 0 Å². The highest BCUT2D eigenvalue weighted by Crippen LogP contribution is 2.36. The second-order valence-corrected chi connectivity index (χ2v) is 9.27. The quantitative estimate of drug-likeness (QED) is 0.176. The van der Waals surface area contributed by atoms with E-state index in [0.717, 1.165) is 48.1 Å². The van der Waals surface area contributed by atoms with Gasteiger partial charge in [-0.05, 0) is 55.9 Å². The van der Waals surface area contributed by atoms with Crippen LogP contribution in [0.5, 0.6) is 5.75 Å². The van der Waals surface area contributed by atoms with E-state index in [1.54, 1.807) is 11.1 Å². The van der Waals surface area contributed by atoms with Crippen LogP contribution in [0.1, 0.15) is 74.2 Å². The summed E-state index contributed by atoms with van der Waals surface area (Å²) in [4.78, 5) is 23.7. The van der Waals surface area contributed by atoms with E-state index in [4.69, 9.17) is 14.6 Å². The third kappa shape index (κ3) is 7.67. The first kappa shape index (κ1) is 27.9. The van der Waals surface area contributed by atoms with Crippen LogP contribution in [0.4, 0.5) is 0 Å². The topological polar surface area (TPSA) is 116 Å². The molecule has 1 aliphatic carbocycles. The summed E-state index contributed by atoms with van der Waals surface area (Å²) in [5.41, 5.74) is 2.29. The minimum atomic E-state index is -1.14. The zero-order valence-corrected chi connectivity index (χ0v) is 21.4. The number of para-hydroxylation sites is 1. The second kappa shape index (κ2) is 14.2. The molecule has 0 bridgehead atoms. The number of H-pyrrole nitrogens is 1. The van der Waals surface area contributed by atoms with Crippen molar-refractivity contribution in [2.45, 2.75) is 70.6 Å². The Kier molecular flexibility index (Phi) is 10.7. The Labute approximate surface area is 218 Å². The van der Waals surface area contributed by atoms with E-state index in [1.807, 2.05) is 54.7 Å². The number of hydrogen-bond donors (Lipinski definition) is 3.